The van der Waals surface area contributed by atoms with E-state index in [4.69, 9.17) is 28.9 Å². The first-order chi connectivity index (χ1) is 20.3. The second kappa shape index (κ2) is 13.4. The summed E-state index contributed by atoms with van der Waals surface area (Å²) < 4.78 is 37.9. The van der Waals surface area contributed by atoms with Gasteiger partial charge in [-0.15, -0.1) is 0 Å². The van der Waals surface area contributed by atoms with E-state index in [2.05, 4.69) is 29.4 Å². The Morgan fingerprint density at radius 2 is 1.90 bits per heavy atom. The molecule has 0 spiro atoms. The van der Waals surface area contributed by atoms with Crippen LogP contribution in [-0.4, -0.2) is 109 Å². The number of hydrogen-bond donors (Lipinski definition) is 0. The van der Waals surface area contributed by atoms with Gasteiger partial charge in [0.25, 0.3) is 0 Å². The Morgan fingerprint density at radius 3 is 2.62 bits per heavy atom. The summed E-state index contributed by atoms with van der Waals surface area (Å²) in [4.78, 5) is 26.7. The number of alkyl halides is 1. The van der Waals surface area contributed by atoms with Crippen LogP contribution >= 0.6 is 0 Å². The molecule has 5 rings (SSSR count). The van der Waals surface area contributed by atoms with Crippen LogP contribution in [0.2, 0.25) is 0 Å². The molecule has 0 aliphatic carbocycles. The second-order valence-electron chi connectivity index (χ2n) is 11.3. The Hall–Kier alpha value is -3.28. The number of nitrogens with zero attached hydrogens (tertiary/aromatic N) is 5. The largest absolute Gasteiger partial charge is 0.480 e. The number of carbonyl (C=O) groups excluding carboxylic acids is 1. The normalized spacial score (nSPS) is 19.6. The van der Waals surface area contributed by atoms with Crippen LogP contribution in [0.25, 0.3) is 22.3 Å². The Morgan fingerprint density at radius 1 is 1.12 bits per heavy atom. The fourth-order valence-electron chi connectivity index (χ4n) is 5.80. The van der Waals surface area contributed by atoms with E-state index in [-0.39, 0.29) is 30.8 Å². The van der Waals surface area contributed by atoms with Crippen molar-refractivity contribution in [1.82, 2.24) is 24.3 Å². The third-order valence-corrected chi connectivity index (χ3v) is 8.10. The third kappa shape index (κ3) is 6.38. The molecule has 2 saturated heterocycles. The quantitative estimate of drug-likeness (QED) is 0.344. The highest BCUT2D eigenvalue weighted by atomic mass is 19.1. The molecule has 0 aromatic carbocycles. The van der Waals surface area contributed by atoms with Crippen LogP contribution in [0, 0.1) is 13.8 Å². The van der Waals surface area contributed by atoms with E-state index in [9.17, 15) is 9.18 Å². The number of carbonyl (C=O) groups is 1. The van der Waals surface area contributed by atoms with Crippen molar-refractivity contribution in [3.63, 3.8) is 0 Å². The Kier molecular flexibility index (Phi) is 9.60. The first-order valence-electron chi connectivity index (χ1n) is 14.7. The number of ether oxygens (including phenoxy) is 4. The van der Waals surface area contributed by atoms with Crippen molar-refractivity contribution in [2.45, 2.75) is 45.8 Å². The van der Waals surface area contributed by atoms with Gasteiger partial charge in [0.1, 0.15) is 13.3 Å². The van der Waals surface area contributed by atoms with E-state index in [0.717, 1.165) is 52.2 Å². The zero-order valence-corrected chi connectivity index (χ0v) is 25.3. The minimum atomic E-state index is -0.589. The Balaban J connectivity index is 1.39. The zero-order valence-electron chi connectivity index (χ0n) is 25.3. The maximum atomic E-state index is 13.1. The van der Waals surface area contributed by atoms with Gasteiger partial charge >= 0.3 is 6.09 Å². The molecule has 2 aliphatic heterocycles. The lowest BCUT2D eigenvalue weighted by Gasteiger charge is -2.26. The van der Waals surface area contributed by atoms with E-state index < -0.39 is 6.67 Å². The summed E-state index contributed by atoms with van der Waals surface area (Å²) in [5.41, 5.74) is 6.35. The van der Waals surface area contributed by atoms with Gasteiger partial charge in [-0.2, -0.15) is 0 Å². The van der Waals surface area contributed by atoms with E-state index in [1.807, 2.05) is 32.2 Å². The molecule has 1 unspecified atom stereocenters. The number of methoxy groups -OCH3 is 1. The Labute approximate surface area is 246 Å². The fraction of sp³-hybridized carbons (Fsp3) is 0.581. The maximum absolute atomic E-state index is 13.1. The average molecular weight is 584 g/mol. The van der Waals surface area contributed by atoms with Crippen molar-refractivity contribution in [2.24, 2.45) is 0 Å². The summed E-state index contributed by atoms with van der Waals surface area (Å²) in [6.07, 6.45) is 1.28. The Bertz CT molecular complexity index is 1390. The highest BCUT2D eigenvalue weighted by Crippen LogP contribution is 2.36. The molecule has 2 aliphatic rings. The highest BCUT2D eigenvalue weighted by Gasteiger charge is 2.39. The van der Waals surface area contributed by atoms with Crippen molar-refractivity contribution in [1.29, 1.82) is 0 Å². The first kappa shape index (κ1) is 30.2. The lowest BCUT2D eigenvalue weighted by molar-refractivity contribution is 0.0216. The predicted octanol–water partition coefficient (Wildman–Crippen LogP) is 4.53. The minimum Gasteiger partial charge on any atom is -0.480 e. The van der Waals surface area contributed by atoms with Crippen LogP contribution in [0.3, 0.4) is 0 Å². The van der Waals surface area contributed by atoms with Gasteiger partial charge in [-0.25, -0.2) is 19.2 Å². The number of fused-ring (bicyclic) bond motifs is 1. The minimum absolute atomic E-state index is 0.0279. The summed E-state index contributed by atoms with van der Waals surface area (Å²) in [7, 11) is 1.63. The summed E-state index contributed by atoms with van der Waals surface area (Å²) >= 11 is 0. The molecule has 3 aromatic heterocycles. The molecule has 1 amide bonds. The topological polar surface area (TPSA) is 91.2 Å². The number of amides is 1. The molecule has 2 atom stereocenters. The van der Waals surface area contributed by atoms with Gasteiger partial charge in [-0.3, -0.25) is 4.90 Å². The van der Waals surface area contributed by atoms with Gasteiger partial charge in [0.15, 0.2) is 0 Å². The smallest absolute Gasteiger partial charge is 0.409 e. The first-order valence-corrected chi connectivity index (χ1v) is 14.7. The molecular formula is C31H42FN5O5. The molecular weight excluding hydrogens is 541 g/mol. The van der Waals surface area contributed by atoms with Crippen LogP contribution in [0.15, 0.2) is 24.4 Å². The summed E-state index contributed by atoms with van der Waals surface area (Å²) in [5.74, 6) is 0.827. The van der Waals surface area contributed by atoms with E-state index in [1.54, 1.807) is 12.0 Å². The monoisotopic (exact) mass is 583 g/mol. The van der Waals surface area contributed by atoms with E-state index in [0.29, 0.717) is 45.3 Å². The van der Waals surface area contributed by atoms with Crippen LogP contribution in [0.5, 0.6) is 5.88 Å². The van der Waals surface area contributed by atoms with Crippen LogP contribution in [0.4, 0.5) is 9.18 Å². The molecule has 0 N–H and O–H groups in total. The molecule has 0 saturated carbocycles. The van der Waals surface area contributed by atoms with Crippen molar-refractivity contribution in [2.75, 3.05) is 72.9 Å². The van der Waals surface area contributed by atoms with Gasteiger partial charge in [0, 0.05) is 38.1 Å². The number of aromatic nitrogens is 3. The summed E-state index contributed by atoms with van der Waals surface area (Å²) in [5, 5.41) is 0. The number of rotatable bonds is 10. The molecule has 0 bridgehead atoms. The summed E-state index contributed by atoms with van der Waals surface area (Å²) in [6, 6.07) is 5.93. The molecule has 3 aromatic rings. The lowest BCUT2D eigenvalue weighted by atomic mass is 10.0. The molecule has 42 heavy (non-hydrogen) atoms. The van der Waals surface area contributed by atoms with Crippen molar-refractivity contribution in [3.8, 4) is 17.1 Å². The van der Waals surface area contributed by atoms with Gasteiger partial charge < -0.3 is 28.4 Å². The number of hydrogen-bond acceptors (Lipinski definition) is 8. The molecule has 0 radical (unpaired) electrons. The summed E-state index contributed by atoms with van der Waals surface area (Å²) in [6.45, 7) is 12.4. The predicted molar refractivity (Wildman–Crippen MR) is 158 cm³/mol. The highest BCUT2D eigenvalue weighted by molar-refractivity contribution is 5.85. The van der Waals surface area contributed by atoms with Crippen LogP contribution in [-0.2, 0) is 14.2 Å². The van der Waals surface area contributed by atoms with Crippen molar-refractivity contribution < 1.29 is 28.1 Å². The number of likely N-dealkylation sites (tertiary alicyclic amines) is 1. The molecule has 5 heterocycles. The molecule has 10 nitrogen and oxygen atoms in total. The van der Waals surface area contributed by atoms with Gasteiger partial charge in [0.2, 0.25) is 5.88 Å². The van der Waals surface area contributed by atoms with E-state index in [1.165, 1.54) is 0 Å². The number of pyridine rings is 2. The number of morpholine rings is 1. The average Bonchev–Trinajstić information content (AvgIpc) is 3.56. The number of aryl methyl sites for hydroxylation is 2. The number of halogens is 1. The zero-order chi connectivity index (χ0) is 29.8. The van der Waals surface area contributed by atoms with E-state index >= 15 is 0 Å². The van der Waals surface area contributed by atoms with Gasteiger partial charge in [-0.05, 0) is 49.1 Å². The van der Waals surface area contributed by atoms with Crippen LogP contribution in [0.1, 0.15) is 42.6 Å². The molecule has 11 heteroatoms. The van der Waals surface area contributed by atoms with Crippen LogP contribution < -0.4 is 4.74 Å². The lowest BCUT2D eigenvalue weighted by Crippen LogP contribution is -2.39. The third-order valence-electron chi connectivity index (χ3n) is 8.10. The molecule has 2 fully saturated rings. The second-order valence-corrected chi connectivity index (χ2v) is 11.3. The molecule has 228 valence electrons. The van der Waals surface area contributed by atoms with Gasteiger partial charge in [-0.1, -0.05) is 13.8 Å². The maximum Gasteiger partial charge on any atom is 0.409 e. The fourth-order valence-corrected chi connectivity index (χ4v) is 5.80. The van der Waals surface area contributed by atoms with Crippen molar-refractivity contribution >= 4 is 17.1 Å². The van der Waals surface area contributed by atoms with Gasteiger partial charge in [0.05, 0.1) is 67.9 Å². The standard InChI is InChI=1S/C31H42FN5O5/c1-20(2)24-7-6-23(30(33-24)39-5)28-21(3)16-25-29(34-28)22(4)17-37(25)26-18-36(19-27(26)41-12-8-32)31(38)42-15-11-35-9-13-40-14-10-35/h6-7,16-17,20,26-27H,8-15,18-19H2,1-5H3/t26?,27-/m0/s1. The SMILES string of the molecule is COc1nc(C(C)C)ccc1-c1nc2c(C)cn(C3CN(C(=O)OCCN4CCOCC4)C[C@@H]3OCCF)c2cc1C. The van der Waals surface area contributed by atoms with Crippen molar-refractivity contribution in [3.05, 3.63) is 41.2 Å².